The summed E-state index contributed by atoms with van der Waals surface area (Å²) in [5.74, 6) is -2.00. The van der Waals surface area contributed by atoms with Crippen molar-refractivity contribution < 1.29 is 36.7 Å². The number of hydrogen-bond donors (Lipinski definition) is 1. The van der Waals surface area contributed by atoms with Crippen LogP contribution in [-0.4, -0.2) is 41.8 Å². The van der Waals surface area contributed by atoms with Crippen molar-refractivity contribution >= 4 is 34.6 Å². The summed E-state index contributed by atoms with van der Waals surface area (Å²) in [6, 6.07) is 1.73. The minimum atomic E-state index is -4.37. The third kappa shape index (κ3) is 5.09. The van der Waals surface area contributed by atoms with E-state index in [1.54, 1.807) is 0 Å². The van der Waals surface area contributed by atoms with Gasteiger partial charge in [-0.05, 0) is 0 Å². The Kier molecular flexibility index (Phi) is 6.01. The average molecular weight is 452 g/mol. The Balaban J connectivity index is 1.58. The first-order valence-electron chi connectivity index (χ1n) is 8.52. The number of nitrogens with zero attached hydrogens (tertiary/aromatic N) is 4. The van der Waals surface area contributed by atoms with Gasteiger partial charge in [0.1, 0.15) is 18.1 Å². The minimum Gasteiger partial charge on any atom is -0.739 e. The fourth-order valence-corrected chi connectivity index (χ4v) is 2.89. The van der Waals surface area contributed by atoms with Gasteiger partial charge in [-0.1, -0.05) is 11.6 Å². The fraction of sp³-hybridized carbons (Fsp3) is 0.375. The van der Waals surface area contributed by atoms with E-state index in [1.807, 2.05) is 0 Å². The zero-order chi connectivity index (χ0) is 22.1. The van der Waals surface area contributed by atoms with E-state index in [-0.39, 0.29) is 57.3 Å². The Morgan fingerprint density at radius 1 is 1.33 bits per heavy atom. The number of aromatic nitrogens is 3. The molecular formula is C16H14ClF4N5O4. The quantitative estimate of drug-likeness (QED) is 0.308. The van der Waals surface area contributed by atoms with Crippen LogP contribution in [0.15, 0.2) is 24.1 Å². The van der Waals surface area contributed by atoms with Crippen molar-refractivity contribution in [2.45, 2.75) is 19.0 Å². The number of carbonyl (C=O) groups is 1. The molecule has 2 aromatic rings. The molecule has 162 valence electrons. The van der Waals surface area contributed by atoms with Crippen molar-refractivity contribution in [1.82, 2.24) is 10.00 Å². The third-order valence-electron chi connectivity index (χ3n) is 4.03. The predicted molar refractivity (Wildman–Crippen MR) is 94.2 cm³/mol. The molecule has 1 aromatic heterocycles. The first kappa shape index (κ1) is 21.6. The number of benzene rings is 1. The molecule has 1 aromatic carbocycles. The van der Waals surface area contributed by atoms with Crippen molar-refractivity contribution in [2.75, 3.05) is 25.0 Å². The van der Waals surface area contributed by atoms with E-state index >= 15 is 0 Å². The summed E-state index contributed by atoms with van der Waals surface area (Å²) in [6.45, 7) is -1.23. The monoisotopic (exact) mass is 451 g/mol. The van der Waals surface area contributed by atoms with Crippen LogP contribution in [0.1, 0.15) is 12.8 Å². The topological polar surface area (TPSA) is 108 Å². The number of fused-ring (bicyclic) bond motifs is 1. The zero-order valence-corrected chi connectivity index (χ0v) is 15.8. The van der Waals surface area contributed by atoms with Crippen molar-refractivity contribution in [1.29, 1.82) is 0 Å². The van der Waals surface area contributed by atoms with Gasteiger partial charge in [0.05, 0.1) is 24.1 Å². The first-order valence-corrected chi connectivity index (χ1v) is 8.89. The highest BCUT2D eigenvalue weighted by atomic mass is 35.5. The predicted octanol–water partition coefficient (Wildman–Crippen LogP) is 1.75. The molecule has 0 fully saturated rings. The van der Waals surface area contributed by atoms with Gasteiger partial charge in [-0.15, -0.1) is 0 Å². The van der Waals surface area contributed by atoms with Crippen LogP contribution in [0.2, 0.25) is 5.02 Å². The molecule has 3 rings (SSSR count). The van der Waals surface area contributed by atoms with Crippen LogP contribution in [0.25, 0.3) is 11.0 Å². The highest BCUT2D eigenvalue weighted by molar-refractivity contribution is 6.31. The molecule has 0 radical (unpaired) electrons. The summed E-state index contributed by atoms with van der Waals surface area (Å²) in [5, 5.41) is 29.7. The Morgan fingerprint density at radius 3 is 2.77 bits per heavy atom. The highest BCUT2D eigenvalue weighted by Crippen LogP contribution is 2.22. The Bertz CT molecular complexity index is 1020. The summed E-state index contributed by atoms with van der Waals surface area (Å²) < 4.78 is 55.7. The number of anilines is 1. The summed E-state index contributed by atoms with van der Waals surface area (Å²) in [6.07, 6.45) is -3.36. The number of ether oxygens (including phenoxy) is 1. The highest BCUT2D eigenvalue weighted by Gasteiger charge is 2.32. The molecule has 0 bridgehead atoms. The van der Waals surface area contributed by atoms with E-state index in [9.17, 15) is 32.8 Å². The zero-order valence-electron chi connectivity index (χ0n) is 15.1. The van der Waals surface area contributed by atoms with Crippen LogP contribution < -0.4 is 14.9 Å². The number of rotatable bonds is 6. The Morgan fingerprint density at radius 2 is 2.07 bits per heavy atom. The summed E-state index contributed by atoms with van der Waals surface area (Å²) in [7, 11) is 0. The second-order valence-corrected chi connectivity index (χ2v) is 6.74. The molecule has 0 saturated heterocycles. The molecule has 1 N–H and O–H groups in total. The number of carbonyl (C=O) groups excluding carboxylic acids is 1. The van der Waals surface area contributed by atoms with Crippen molar-refractivity contribution in [2.24, 2.45) is 0 Å². The van der Waals surface area contributed by atoms with E-state index in [0.29, 0.717) is 0 Å². The van der Waals surface area contributed by atoms with Crippen LogP contribution >= 0.6 is 11.6 Å². The molecular weight excluding hydrogens is 438 g/mol. The molecule has 2 heterocycles. The molecule has 0 amide bonds. The molecule has 0 aliphatic carbocycles. The fourth-order valence-electron chi connectivity index (χ4n) is 2.74. The third-order valence-corrected chi connectivity index (χ3v) is 4.32. The second-order valence-electron chi connectivity index (χ2n) is 6.33. The Hall–Kier alpha value is -3.09. The molecule has 0 atom stereocenters. The first-order chi connectivity index (χ1) is 14.0. The largest absolute Gasteiger partial charge is 0.739 e. The SMILES string of the molecule is O=C(CCNc1n[n+]([O-])c2cc(F)c(Cl)cc2[n+]1[O-])OC1=CN(CC(F)(F)F)CC1. The smallest absolute Gasteiger partial charge is 0.460 e. The van der Waals surface area contributed by atoms with Gasteiger partial charge in [-0.2, -0.15) is 13.2 Å². The van der Waals surface area contributed by atoms with E-state index < -0.39 is 30.5 Å². The van der Waals surface area contributed by atoms with Crippen molar-refractivity contribution in [3.63, 3.8) is 0 Å². The average Bonchev–Trinajstić information content (AvgIpc) is 3.05. The summed E-state index contributed by atoms with van der Waals surface area (Å²) in [5.41, 5.74) is -0.578. The summed E-state index contributed by atoms with van der Waals surface area (Å²) >= 11 is 5.63. The molecule has 0 saturated carbocycles. The number of hydrogen-bond acceptors (Lipinski definition) is 7. The van der Waals surface area contributed by atoms with Crippen LogP contribution in [0.4, 0.5) is 23.5 Å². The van der Waals surface area contributed by atoms with Crippen LogP contribution in [0, 0.1) is 16.2 Å². The van der Waals surface area contributed by atoms with E-state index in [2.05, 4.69) is 10.4 Å². The number of esters is 1. The van der Waals surface area contributed by atoms with Gasteiger partial charge in [-0.25, -0.2) is 9.12 Å². The molecule has 30 heavy (non-hydrogen) atoms. The van der Waals surface area contributed by atoms with Crippen LogP contribution in [-0.2, 0) is 9.53 Å². The molecule has 9 nitrogen and oxygen atoms in total. The van der Waals surface area contributed by atoms with Crippen molar-refractivity contribution in [3.05, 3.63) is 45.3 Å². The van der Waals surface area contributed by atoms with Crippen LogP contribution in [0.3, 0.4) is 0 Å². The maximum Gasteiger partial charge on any atom is 0.460 e. The van der Waals surface area contributed by atoms with Crippen molar-refractivity contribution in [3.8, 4) is 0 Å². The van der Waals surface area contributed by atoms with Gasteiger partial charge in [0, 0.05) is 30.1 Å². The van der Waals surface area contributed by atoms with E-state index in [4.69, 9.17) is 16.3 Å². The van der Waals surface area contributed by atoms with Gasteiger partial charge in [0.2, 0.25) is 5.10 Å². The Labute approximate surface area is 171 Å². The number of halogens is 5. The lowest BCUT2D eigenvalue weighted by Gasteiger charge is -2.16. The molecule has 14 heteroatoms. The van der Waals surface area contributed by atoms with E-state index in [1.165, 1.54) is 0 Å². The normalized spacial score (nSPS) is 14.2. The van der Waals surface area contributed by atoms with Gasteiger partial charge in [0.25, 0.3) is 0 Å². The van der Waals surface area contributed by atoms with Gasteiger partial charge < -0.3 is 20.1 Å². The van der Waals surface area contributed by atoms with Gasteiger partial charge in [-0.3, -0.25) is 10.1 Å². The standard InChI is InChI=1S/C16H14ClF4N5O4/c17-10-5-12-13(6-11(10)18)26(29)23-15(25(12)28)22-3-1-14(27)30-9-2-4-24(7-9)8-16(19,20)21/h5-7H,1-4,8H2,(H,22,23). The van der Waals surface area contributed by atoms with E-state index in [0.717, 1.165) is 23.2 Å². The molecule has 0 unspecified atom stereocenters. The van der Waals surface area contributed by atoms with Gasteiger partial charge in [0.15, 0.2) is 5.52 Å². The number of nitrogens with one attached hydrogen (secondary N) is 1. The maximum atomic E-state index is 13.5. The lowest BCUT2D eigenvalue weighted by molar-refractivity contribution is -0.672. The van der Waals surface area contributed by atoms with Crippen LogP contribution in [0.5, 0.6) is 0 Å². The lowest BCUT2D eigenvalue weighted by atomic mass is 10.3. The molecule has 1 aliphatic heterocycles. The maximum absolute atomic E-state index is 13.5. The minimum absolute atomic E-state index is 0.0301. The summed E-state index contributed by atoms with van der Waals surface area (Å²) in [4.78, 5) is 12.9. The molecule has 0 spiro atoms. The number of alkyl halides is 3. The second kappa shape index (κ2) is 8.34. The molecule has 1 aliphatic rings. The lowest BCUT2D eigenvalue weighted by Crippen LogP contribution is -2.44. The van der Waals surface area contributed by atoms with Gasteiger partial charge >= 0.3 is 23.6 Å².